The molecule has 0 fully saturated rings. The summed E-state index contributed by atoms with van der Waals surface area (Å²) in [6, 6.07) is 27.5. The molecule has 1 atom stereocenters. The highest BCUT2D eigenvalue weighted by atomic mass is 35.5. The fourth-order valence-corrected chi connectivity index (χ4v) is 6.62. The second-order valence-electron chi connectivity index (χ2n) is 11.2. The van der Waals surface area contributed by atoms with Gasteiger partial charge in [-0.3, -0.25) is 13.9 Å². The molecule has 0 aliphatic heterocycles. The predicted octanol–water partition coefficient (Wildman–Crippen LogP) is 6.63. The van der Waals surface area contributed by atoms with Gasteiger partial charge in [0.15, 0.2) is 0 Å². The van der Waals surface area contributed by atoms with E-state index in [2.05, 4.69) is 5.32 Å². The highest BCUT2D eigenvalue weighted by Gasteiger charge is 2.34. The molecule has 0 aliphatic carbocycles. The van der Waals surface area contributed by atoms with E-state index in [1.165, 1.54) is 4.90 Å². The number of aryl methyl sites for hydroxylation is 3. The van der Waals surface area contributed by atoms with E-state index < -0.39 is 28.5 Å². The molecule has 0 spiro atoms. The maximum absolute atomic E-state index is 14.5. The monoisotopic (exact) mass is 645 g/mol. The summed E-state index contributed by atoms with van der Waals surface area (Å²) in [7, 11) is -4.16. The molecule has 4 rings (SSSR count). The van der Waals surface area contributed by atoms with Crippen molar-refractivity contribution >= 4 is 39.1 Å². The van der Waals surface area contributed by atoms with Crippen LogP contribution in [-0.4, -0.2) is 44.3 Å². The maximum Gasteiger partial charge on any atom is 0.264 e. The summed E-state index contributed by atoms with van der Waals surface area (Å²) in [4.78, 5) is 29.8. The van der Waals surface area contributed by atoms with Crippen LogP contribution in [0.2, 0.25) is 5.02 Å². The first-order valence-corrected chi connectivity index (χ1v) is 16.8. The topological polar surface area (TPSA) is 86.8 Å². The minimum atomic E-state index is -4.16. The quantitative estimate of drug-likeness (QED) is 0.177. The molecule has 0 aromatic heterocycles. The zero-order valence-electron chi connectivity index (χ0n) is 26.2. The number of sulfonamides is 1. The first-order valence-electron chi connectivity index (χ1n) is 15.0. The van der Waals surface area contributed by atoms with Gasteiger partial charge < -0.3 is 10.2 Å². The number of rotatable bonds is 13. The number of amides is 2. The minimum absolute atomic E-state index is 0.0573. The Labute approximate surface area is 271 Å². The summed E-state index contributed by atoms with van der Waals surface area (Å²) < 4.78 is 29.5. The number of carbonyl (C=O) groups is 2. The molecule has 7 nitrogen and oxygen atoms in total. The summed E-state index contributed by atoms with van der Waals surface area (Å²) in [5.74, 6) is -0.827. The van der Waals surface area contributed by atoms with Gasteiger partial charge >= 0.3 is 0 Å². The highest BCUT2D eigenvalue weighted by Crippen LogP contribution is 2.27. The largest absolute Gasteiger partial charge is 0.354 e. The van der Waals surface area contributed by atoms with E-state index in [1.807, 2.05) is 70.2 Å². The Kier molecular flexibility index (Phi) is 11.4. The van der Waals surface area contributed by atoms with Crippen LogP contribution < -0.4 is 9.62 Å². The van der Waals surface area contributed by atoms with Gasteiger partial charge in [-0.15, -0.1) is 0 Å². The maximum atomic E-state index is 14.5. The third-order valence-corrected chi connectivity index (χ3v) is 9.75. The number of hydrogen-bond acceptors (Lipinski definition) is 4. The van der Waals surface area contributed by atoms with Gasteiger partial charge in [0, 0.05) is 24.5 Å². The lowest BCUT2D eigenvalue weighted by atomic mass is 10.0. The SMILES string of the molecule is CCCNC(=O)[C@@H](Cc1ccccc1)N(Cc1cccc(Cl)c1)C(=O)CN(c1ccc(C)c(C)c1)S(=O)(=O)c1ccc(C)cc1. The highest BCUT2D eigenvalue weighted by molar-refractivity contribution is 7.92. The van der Waals surface area contributed by atoms with Gasteiger partial charge in [0.25, 0.3) is 10.0 Å². The molecule has 236 valence electrons. The van der Waals surface area contributed by atoms with E-state index >= 15 is 0 Å². The van der Waals surface area contributed by atoms with Crippen LogP contribution in [0.4, 0.5) is 5.69 Å². The number of anilines is 1. The Hall–Kier alpha value is -4.14. The smallest absolute Gasteiger partial charge is 0.264 e. The van der Waals surface area contributed by atoms with Gasteiger partial charge in [0.2, 0.25) is 11.8 Å². The van der Waals surface area contributed by atoms with Crippen molar-refractivity contribution < 1.29 is 18.0 Å². The van der Waals surface area contributed by atoms with Crippen LogP contribution in [0, 0.1) is 20.8 Å². The molecular weight excluding hydrogens is 606 g/mol. The van der Waals surface area contributed by atoms with Gasteiger partial charge in [0.1, 0.15) is 12.6 Å². The zero-order valence-corrected chi connectivity index (χ0v) is 27.7. The molecule has 2 amide bonds. The summed E-state index contributed by atoms with van der Waals surface area (Å²) in [6.07, 6.45) is 0.971. The molecule has 45 heavy (non-hydrogen) atoms. The molecule has 0 saturated heterocycles. The van der Waals surface area contributed by atoms with Gasteiger partial charge in [-0.2, -0.15) is 0 Å². The summed E-state index contributed by atoms with van der Waals surface area (Å²) >= 11 is 6.31. The fraction of sp³-hybridized carbons (Fsp3) is 0.278. The van der Waals surface area contributed by atoms with Crippen molar-refractivity contribution in [3.8, 4) is 0 Å². The van der Waals surface area contributed by atoms with E-state index in [-0.39, 0.29) is 23.8 Å². The van der Waals surface area contributed by atoms with Gasteiger partial charge in [0.05, 0.1) is 10.6 Å². The van der Waals surface area contributed by atoms with E-state index in [0.29, 0.717) is 17.3 Å². The van der Waals surface area contributed by atoms with Crippen LogP contribution in [-0.2, 0) is 32.6 Å². The normalized spacial score (nSPS) is 11.9. The molecule has 0 unspecified atom stereocenters. The van der Waals surface area contributed by atoms with E-state index in [1.54, 1.807) is 54.6 Å². The molecule has 9 heteroatoms. The molecule has 4 aromatic carbocycles. The van der Waals surface area contributed by atoms with E-state index in [0.717, 1.165) is 38.5 Å². The Morgan fingerprint density at radius 1 is 0.822 bits per heavy atom. The standard InChI is InChI=1S/C36H40ClN3O4S/c1-5-20-38-36(42)34(23-29-10-7-6-8-11-29)39(24-30-12-9-13-31(37)22-30)35(41)25-40(32-17-16-27(3)28(4)21-32)45(43,44)33-18-14-26(2)15-19-33/h6-19,21-22,34H,5,20,23-25H2,1-4H3,(H,38,42)/t34-/m1/s1. The molecule has 0 bridgehead atoms. The number of benzene rings is 4. The average Bonchev–Trinajstić information content (AvgIpc) is 3.02. The van der Waals surface area contributed by atoms with Gasteiger partial charge in [-0.05, 0) is 85.8 Å². The number of nitrogens with zero attached hydrogens (tertiary/aromatic N) is 2. The van der Waals surface area contributed by atoms with Crippen molar-refractivity contribution in [2.45, 2.75) is 58.0 Å². The van der Waals surface area contributed by atoms with Crippen LogP contribution >= 0.6 is 11.6 Å². The number of nitrogens with one attached hydrogen (secondary N) is 1. The lowest BCUT2D eigenvalue weighted by Crippen LogP contribution is -2.53. The lowest BCUT2D eigenvalue weighted by Gasteiger charge is -2.34. The van der Waals surface area contributed by atoms with Crippen LogP contribution in [0.25, 0.3) is 0 Å². The molecule has 0 heterocycles. The van der Waals surface area contributed by atoms with Crippen LogP contribution in [0.1, 0.15) is 41.2 Å². The van der Waals surface area contributed by atoms with Crippen molar-refractivity contribution in [2.75, 3.05) is 17.4 Å². The third-order valence-electron chi connectivity index (χ3n) is 7.73. The summed E-state index contributed by atoms with van der Waals surface area (Å²) in [5.41, 5.74) is 4.76. The Morgan fingerprint density at radius 2 is 1.51 bits per heavy atom. The second-order valence-corrected chi connectivity index (χ2v) is 13.5. The third kappa shape index (κ3) is 8.74. The number of hydrogen-bond donors (Lipinski definition) is 1. The molecule has 4 aromatic rings. The molecule has 0 radical (unpaired) electrons. The van der Waals surface area contributed by atoms with Gasteiger partial charge in [-0.1, -0.05) is 84.8 Å². The number of carbonyl (C=O) groups excluding carboxylic acids is 2. The Morgan fingerprint density at radius 3 is 2.16 bits per heavy atom. The van der Waals surface area contributed by atoms with E-state index in [9.17, 15) is 18.0 Å². The van der Waals surface area contributed by atoms with Crippen molar-refractivity contribution in [1.29, 1.82) is 0 Å². The van der Waals surface area contributed by atoms with Crippen molar-refractivity contribution in [2.24, 2.45) is 0 Å². The van der Waals surface area contributed by atoms with Crippen molar-refractivity contribution in [1.82, 2.24) is 10.2 Å². The first-order chi connectivity index (χ1) is 21.5. The van der Waals surface area contributed by atoms with E-state index in [4.69, 9.17) is 11.6 Å². The first kappa shape index (κ1) is 33.7. The predicted molar refractivity (Wildman–Crippen MR) is 181 cm³/mol. The summed E-state index contributed by atoms with van der Waals surface area (Å²) in [6.45, 7) is 7.67. The molecular formula is C36H40ClN3O4S. The zero-order chi connectivity index (χ0) is 32.6. The second kappa shape index (κ2) is 15.2. The van der Waals surface area contributed by atoms with Gasteiger partial charge in [-0.25, -0.2) is 8.42 Å². The Balaban J connectivity index is 1.81. The van der Waals surface area contributed by atoms with Crippen LogP contribution in [0.3, 0.4) is 0 Å². The Bertz CT molecular complexity index is 1730. The molecule has 0 saturated carbocycles. The fourth-order valence-electron chi connectivity index (χ4n) is 5.00. The van der Waals surface area contributed by atoms with Crippen LogP contribution in [0.15, 0.2) is 102 Å². The molecule has 0 aliphatic rings. The van der Waals surface area contributed by atoms with Crippen molar-refractivity contribution in [3.05, 3.63) is 130 Å². The lowest BCUT2D eigenvalue weighted by molar-refractivity contribution is -0.140. The summed E-state index contributed by atoms with van der Waals surface area (Å²) in [5, 5.41) is 3.45. The minimum Gasteiger partial charge on any atom is -0.354 e. The van der Waals surface area contributed by atoms with Crippen molar-refractivity contribution in [3.63, 3.8) is 0 Å². The average molecular weight is 646 g/mol. The molecule has 1 N–H and O–H groups in total. The number of halogens is 1. The van der Waals surface area contributed by atoms with Crippen LogP contribution in [0.5, 0.6) is 0 Å².